The number of Topliss-reactive ketones (excluding diaryl/α,β-unsaturated/α-hetero) is 2. The Kier molecular flexibility index (Phi) is 6.47. The van der Waals surface area contributed by atoms with E-state index >= 15 is 4.79 Å². The molecule has 0 aromatic heterocycles. The van der Waals surface area contributed by atoms with E-state index in [4.69, 9.17) is 9.47 Å². The van der Waals surface area contributed by atoms with E-state index < -0.39 is 23.4 Å². The minimum atomic E-state index is -1.42. The number of benzene rings is 4. The first-order valence-corrected chi connectivity index (χ1v) is 14.7. The molecule has 0 saturated carbocycles. The molecule has 4 aromatic rings. The second kappa shape index (κ2) is 10.2. The highest BCUT2D eigenvalue weighted by Crippen LogP contribution is 2.58. The number of carbonyl (C=O) groups excluding carboxylic acids is 3. The fourth-order valence-electron chi connectivity index (χ4n) is 7.08. The fraction of sp³-hybridized carbons (Fsp3) is 0.171. The number of halogens is 1. The Morgan fingerprint density at radius 2 is 1.63 bits per heavy atom. The number of rotatable bonds is 6. The summed E-state index contributed by atoms with van der Waals surface area (Å²) in [5.41, 5.74) is 2.28. The van der Waals surface area contributed by atoms with Crippen LogP contribution in [0.25, 0.3) is 6.08 Å². The molecule has 1 spiro atoms. The molecule has 4 atom stereocenters. The molecular weight excluding hydrogens is 608 g/mol. The average Bonchev–Trinajstić information content (AvgIpc) is 3.52. The third kappa shape index (κ3) is 3.89. The lowest BCUT2D eigenvalue weighted by atomic mass is 9.64. The smallest absolute Gasteiger partial charge is 0.238 e. The van der Waals surface area contributed by atoms with Crippen LogP contribution in [-0.4, -0.2) is 43.8 Å². The van der Waals surface area contributed by atoms with Crippen molar-refractivity contribution in [2.75, 3.05) is 24.4 Å². The number of methoxy groups -OCH3 is 2. The van der Waals surface area contributed by atoms with E-state index in [0.717, 1.165) is 15.7 Å². The summed E-state index contributed by atoms with van der Waals surface area (Å²) in [5, 5.41) is 3.06. The van der Waals surface area contributed by atoms with Crippen LogP contribution in [0.5, 0.6) is 11.5 Å². The molecular formula is C35H27BrN2O5. The van der Waals surface area contributed by atoms with Gasteiger partial charge in [-0.3, -0.25) is 14.4 Å². The van der Waals surface area contributed by atoms with E-state index in [0.29, 0.717) is 28.3 Å². The third-order valence-corrected chi connectivity index (χ3v) is 9.42. The van der Waals surface area contributed by atoms with Crippen LogP contribution in [0.3, 0.4) is 0 Å². The van der Waals surface area contributed by atoms with Gasteiger partial charge in [0.2, 0.25) is 5.91 Å². The number of nitrogens with zero attached hydrogens (tertiary/aromatic N) is 1. The van der Waals surface area contributed by atoms with Gasteiger partial charge in [-0.15, -0.1) is 0 Å². The predicted octanol–water partition coefficient (Wildman–Crippen LogP) is 6.32. The third-order valence-electron chi connectivity index (χ3n) is 8.89. The van der Waals surface area contributed by atoms with Crippen molar-refractivity contribution >= 4 is 50.9 Å². The zero-order chi connectivity index (χ0) is 29.9. The van der Waals surface area contributed by atoms with Gasteiger partial charge in [0, 0.05) is 21.4 Å². The average molecular weight is 636 g/mol. The first-order chi connectivity index (χ1) is 20.9. The Labute approximate surface area is 257 Å². The number of nitrogens with one attached hydrogen (secondary N) is 1. The van der Waals surface area contributed by atoms with Crippen LogP contribution in [0.2, 0.25) is 0 Å². The van der Waals surface area contributed by atoms with Crippen molar-refractivity contribution in [1.29, 1.82) is 0 Å². The SMILES string of the molecule is COc1ccc(OC)c(C(=O)[C@H]2[C@H](C(=O)c3ccc(Br)cc3)N3c4ccccc4C=C[C@@H]3[C@]23C(=O)Nc2ccccc23)c1. The molecule has 8 heteroatoms. The highest BCUT2D eigenvalue weighted by atomic mass is 79.9. The van der Waals surface area contributed by atoms with Crippen molar-refractivity contribution in [3.8, 4) is 11.5 Å². The maximum Gasteiger partial charge on any atom is 0.238 e. The molecule has 1 saturated heterocycles. The minimum absolute atomic E-state index is 0.245. The Hall–Kier alpha value is -4.69. The zero-order valence-electron chi connectivity index (χ0n) is 23.4. The number of amides is 1. The maximum atomic E-state index is 15.1. The number of hydrogen-bond donors (Lipinski definition) is 1. The normalized spacial score (nSPS) is 22.9. The Bertz CT molecular complexity index is 1830. The molecule has 4 aromatic carbocycles. The maximum absolute atomic E-state index is 15.1. The van der Waals surface area contributed by atoms with Crippen molar-refractivity contribution in [1.82, 2.24) is 0 Å². The molecule has 7 rings (SSSR count). The summed E-state index contributed by atoms with van der Waals surface area (Å²) in [6, 6.07) is 25.7. The van der Waals surface area contributed by atoms with Crippen molar-refractivity contribution in [3.63, 3.8) is 0 Å². The number of ketones is 2. The number of carbonyl (C=O) groups is 3. The number of fused-ring (bicyclic) bond motifs is 6. The van der Waals surface area contributed by atoms with Gasteiger partial charge in [0.1, 0.15) is 23.0 Å². The molecule has 1 amide bonds. The summed E-state index contributed by atoms with van der Waals surface area (Å²) < 4.78 is 12.0. The predicted molar refractivity (Wildman–Crippen MR) is 168 cm³/mol. The van der Waals surface area contributed by atoms with Gasteiger partial charge in [-0.2, -0.15) is 0 Å². The van der Waals surface area contributed by atoms with Crippen LogP contribution in [0.15, 0.2) is 102 Å². The van der Waals surface area contributed by atoms with Crippen molar-refractivity contribution in [2.45, 2.75) is 17.5 Å². The van der Waals surface area contributed by atoms with E-state index in [2.05, 4.69) is 21.2 Å². The summed E-state index contributed by atoms with van der Waals surface area (Å²) in [5.74, 6) is -1.27. The van der Waals surface area contributed by atoms with Gasteiger partial charge >= 0.3 is 0 Å². The van der Waals surface area contributed by atoms with Crippen LogP contribution in [-0.2, 0) is 10.2 Å². The number of para-hydroxylation sites is 2. The topological polar surface area (TPSA) is 84.9 Å². The van der Waals surface area contributed by atoms with E-state index in [-0.39, 0.29) is 23.0 Å². The van der Waals surface area contributed by atoms with Crippen LogP contribution in [0.1, 0.15) is 31.8 Å². The first kappa shape index (κ1) is 27.2. The number of hydrogen-bond acceptors (Lipinski definition) is 6. The summed E-state index contributed by atoms with van der Waals surface area (Å²) in [4.78, 5) is 46.4. The Morgan fingerprint density at radius 3 is 2.40 bits per heavy atom. The van der Waals surface area contributed by atoms with Crippen molar-refractivity contribution in [3.05, 3.63) is 124 Å². The second-order valence-corrected chi connectivity index (χ2v) is 11.8. The van der Waals surface area contributed by atoms with Crippen molar-refractivity contribution in [2.24, 2.45) is 5.92 Å². The summed E-state index contributed by atoms with van der Waals surface area (Å²) in [6.45, 7) is 0. The Morgan fingerprint density at radius 1 is 0.884 bits per heavy atom. The quantitative estimate of drug-likeness (QED) is 0.250. The Balaban J connectivity index is 1.55. The van der Waals surface area contributed by atoms with Crippen LogP contribution >= 0.6 is 15.9 Å². The second-order valence-electron chi connectivity index (χ2n) is 10.9. The lowest BCUT2D eigenvalue weighted by Gasteiger charge is -2.37. The number of ether oxygens (including phenoxy) is 2. The molecule has 43 heavy (non-hydrogen) atoms. The van der Waals surface area contributed by atoms with Gasteiger partial charge in [-0.25, -0.2) is 0 Å². The molecule has 0 aliphatic carbocycles. The van der Waals surface area contributed by atoms with E-state index in [1.165, 1.54) is 14.2 Å². The molecule has 7 nitrogen and oxygen atoms in total. The lowest BCUT2D eigenvalue weighted by Crippen LogP contribution is -2.51. The summed E-state index contributed by atoms with van der Waals surface area (Å²) in [6.07, 6.45) is 3.94. The van der Waals surface area contributed by atoms with E-state index in [9.17, 15) is 9.59 Å². The van der Waals surface area contributed by atoms with Gasteiger partial charge < -0.3 is 19.7 Å². The molecule has 1 N–H and O–H groups in total. The molecule has 0 bridgehead atoms. The van der Waals surface area contributed by atoms with Gasteiger partial charge in [0.05, 0.1) is 31.7 Å². The fourth-order valence-corrected chi connectivity index (χ4v) is 7.34. The molecule has 0 unspecified atom stereocenters. The molecule has 214 valence electrons. The highest BCUT2D eigenvalue weighted by Gasteiger charge is 2.70. The summed E-state index contributed by atoms with van der Waals surface area (Å²) >= 11 is 3.46. The molecule has 0 radical (unpaired) electrons. The van der Waals surface area contributed by atoms with Crippen LogP contribution in [0.4, 0.5) is 11.4 Å². The lowest BCUT2D eigenvalue weighted by molar-refractivity contribution is -0.121. The van der Waals surface area contributed by atoms with Crippen molar-refractivity contribution < 1.29 is 23.9 Å². The van der Waals surface area contributed by atoms with Gasteiger partial charge in [0.15, 0.2) is 11.6 Å². The molecule has 1 fully saturated rings. The minimum Gasteiger partial charge on any atom is -0.497 e. The van der Waals surface area contributed by atoms with Gasteiger partial charge in [-0.1, -0.05) is 76.6 Å². The highest BCUT2D eigenvalue weighted by molar-refractivity contribution is 9.10. The largest absolute Gasteiger partial charge is 0.497 e. The van der Waals surface area contributed by atoms with E-state index in [1.807, 2.05) is 65.6 Å². The number of anilines is 2. The van der Waals surface area contributed by atoms with Crippen LogP contribution < -0.4 is 19.7 Å². The molecule has 3 heterocycles. The van der Waals surface area contributed by atoms with E-state index in [1.54, 1.807) is 42.5 Å². The standard InChI is InChI=1S/C35H27BrN2O5/c1-42-23-16-17-28(43-2)24(19-23)33(40)30-31(32(39)21-11-14-22(36)15-12-21)38-27-10-6-3-7-20(27)13-18-29(38)35(30)25-8-4-5-9-26(25)37-34(35)41/h3-19,29-31H,1-2H3,(H,37,41)/t29-,30-,31-,35+/m1/s1. The monoisotopic (exact) mass is 634 g/mol. The first-order valence-electron chi connectivity index (χ1n) is 13.9. The molecule has 3 aliphatic rings. The molecule has 3 aliphatic heterocycles. The van der Waals surface area contributed by atoms with Gasteiger partial charge in [0.25, 0.3) is 0 Å². The summed E-state index contributed by atoms with van der Waals surface area (Å²) in [7, 11) is 3.02. The van der Waals surface area contributed by atoms with Crippen LogP contribution in [0, 0.1) is 5.92 Å². The van der Waals surface area contributed by atoms with Gasteiger partial charge in [-0.05, 0) is 53.6 Å². The zero-order valence-corrected chi connectivity index (χ0v) is 25.0.